The van der Waals surface area contributed by atoms with Crippen molar-refractivity contribution in [2.45, 2.75) is 33.5 Å². The molecule has 0 radical (unpaired) electrons. The number of methoxy groups -OCH3 is 2. The quantitative estimate of drug-likeness (QED) is 0.214. The Balaban J connectivity index is 0.000000304. The Bertz CT molecular complexity index is 1620. The van der Waals surface area contributed by atoms with Gasteiger partial charge in [0.1, 0.15) is 11.6 Å². The summed E-state index contributed by atoms with van der Waals surface area (Å²) in [5.74, 6) is -3.92. The molecule has 4 rings (SSSR count). The number of aliphatic carboxylic acids is 1. The number of halogens is 2. The molecule has 0 aliphatic carbocycles. The largest absolute Gasteiger partial charge is 0.481 e. The summed E-state index contributed by atoms with van der Waals surface area (Å²) >= 11 is 0. The number of rotatable bonds is 11. The first kappa shape index (κ1) is 36.2. The number of benzene rings is 2. The number of aromatic nitrogens is 4. The van der Waals surface area contributed by atoms with Crippen LogP contribution in [0.4, 0.5) is 8.78 Å². The monoisotopic (exact) mass is 629 g/mol. The van der Waals surface area contributed by atoms with Gasteiger partial charge in [0.25, 0.3) is 5.91 Å². The van der Waals surface area contributed by atoms with Crippen molar-refractivity contribution >= 4 is 17.8 Å². The fourth-order valence-corrected chi connectivity index (χ4v) is 4.18. The number of amides is 1. The summed E-state index contributed by atoms with van der Waals surface area (Å²) < 4.78 is 40.7. The number of nitrogens with zero attached hydrogens (tertiary/aromatic N) is 4. The molecule has 0 fully saturated rings. The smallest absolute Gasteiger partial charge is 0.335 e. The molecule has 0 aliphatic rings. The lowest BCUT2D eigenvalue weighted by molar-refractivity contribution is -0.136. The SMILES string of the molecule is CC.COCc1cn(C)nc1-c1cc(F)cc(C(=O)NCCC(=O)O)c1.COCc1cn(C)nc1-c1cc(F)cc(C(=O)O)c1. The van der Waals surface area contributed by atoms with E-state index in [0.29, 0.717) is 35.7 Å². The van der Waals surface area contributed by atoms with E-state index in [2.05, 4.69) is 15.5 Å². The van der Waals surface area contributed by atoms with Gasteiger partial charge in [-0.25, -0.2) is 13.6 Å². The van der Waals surface area contributed by atoms with Gasteiger partial charge in [-0.3, -0.25) is 19.0 Å². The van der Waals surface area contributed by atoms with E-state index in [4.69, 9.17) is 19.7 Å². The van der Waals surface area contributed by atoms with E-state index in [1.807, 2.05) is 13.8 Å². The average Bonchev–Trinajstić information content (AvgIpc) is 3.55. The molecule has 242 valence electrons. The molecular weight excluding hydrogens is 592 g/mol. The summed E-state index contributed by atoms with van der Waals surface area (Å²) in [4.78, 5) is 33.5. The predicted molar refractivity (Wildman–Crippen MR) is 162 cm³/mol. The maximum atomic E-state index is 13.9. The van der Waals surface area contributed by atoms with Crippen LogP contribution in [0.25, 0.3) is 22.5 Å². The molecule has 0 saturated heterocycles. The number of carbonyl (C=O) groups excluding carboxylic acids is 1. The Hall–Kier alpha value is -4.95. The minimum Gasteiger partial charge on any atom is -0.481 e. The molecule has 45 heavy (non-hydrogen) atoms. The Kier molecular flexibility index (Phi) is 14.0. The Labute approximate surface area is 259 Å². The molecule has 2 aromatic carbocycles. The van der Waals surface area contributed by atoms with Crippen molar-refractivity contribution < 1.29 is 42.9 Å². The summed E-state index contributed by atoms with van der Waals surface area (Å²) in [5, 5.41) is 28.5. The molecule has 0 spiro atoms. The summed E-state index contributed by atoms with van der Waals surface area (Å²) in [6.07, 6.45) is 3.31. The fraction of sp³-hybridized carbons (Fsp3) is 0.323. The number of hydrogen-bond donors (Lipinski definition) is 3. The van der Waals surface area contributed by atoms with Crippen LogP contribution < -0.4 is 5.32 Å². The number of nitrogens with one attached hydrogen (secondary N) is 1. The van der Waals surface area contributed by atoms with E-state index >= 15 is 0 Å². The molecule has 12 nitrogen and oxygen atoms in total. The van der Waals surface area contributed by atoms with Crippen molar-refractivity contribution in [3.63, 3.8) is 0 Å². The Morgan fingerprint density at radius 3 is 1.64 bits per heavy atom. The van der Waals surface area contributed by atoms with Crippen LogP contribution >= 0.6 is 0 Å². The predicted octanol–water partition coefficient (Wildman–Crippen LogP) is 4.67. The number of aryl methyl sites for hydroxylation is 2. The van der Waals surface area contributed by atoms with Crippen molar-refractivity contribution in [2.75, 3.05) is 20.8 Å². The lowest BCUT2D eigenvalue weighted by atomic mass is 10.0. The van der Waals surface area contributed by atoms with Crippen LogP contribution in [-0.4, -0.2) is 68.4 Å². The van der Waals surface area contributed by atoms with Gasteiger partial charge in [0.15, 0.2) is 0 Å². The van der Waals surface area contributed by atoms with E-state index in [-0.39, 0.29) is 24.1 Å². The molecule has 2 heterocycles. The van der Waals surface area contributed by atoms with Gasteiger partial charge in [-0.15, -0.1) is 0 Å². The minimum atomic E-state index is -1.18. The van der Waals surface area contributed by atoms with Crippen molar-refractivity contribution in [3.05, 3.63) is 82.7 Å². The number of hydrogen-bond acceptors (Lipinski definition) is 7. The van der Waals surface area contributed by atoms with Crippen LogP contribution in [0.1, 0.15) is 52.1 Å². The van der Waals surface area contributed by atoms with Crippen LogP contribution in [-0.2, 0) is 41.6 Å². The first-order valence-corrected chi connectivity index (χ1v) is 13.8. The molecule has 3 N–H and O–H groups in total. The van der Waals surface area contributed by atoms with Crippen molar-refractivity contribution in [1.82, 2.24) is 24.9 Å². The van der Waals surface area contributed by atoms with Gasteiger partial charge in [-0.1, -0.05) is 13.8 Å². The molecule has 2 aromatic heterocycles. The molecule has 0 aliphatic heterocycles. The zero-order valence-electron chi connectivity index (χ0n) is 25.9. The van der Waals surface area contributed by atoms with E-state index in [9.17, 15) is 23.2 Å². The highest BCUT2D eigenvalue weighted by Crippen LogP contribution is 2.26. The molecule has 14 heteroatoms. The zero-order chi connectivity index (χ0) is 33.7. The van der Waals surface area contributed by atoms with Crippen molar-refractivity contribution in [2.24, 2.45) is 14.1 Å². The molecule has 0 bridgehead atoms. The summed E-state index contributed by atoms with van der Waals surface area (Å²) in [6, 6.07) is 7.53. The highest BCUT2D eigenvalue weighted by Gasteiger charge is 2.16. The van der Waals surface area contributed by atoms with E-state index < -0.39 is 29.5 Å². The fourth-order valence-electron chi connectivity index (χ4n) is 4.18. The van der Waals surface area contributed by atoms with Gasteiger partial charge < -0.3 is 25.0 Å². The lowest BCUT2D eigenvalue weighted by Gasteiger charge is -2.07. The molecular formula is C31H37F2N5O7. The number of ether oxygens (including phenoxy) is 2. The maximum absolute atomic E-state index is 13.9. The van der Waals surface area contributed by atoms with Gasteiger partial charge >= 0.3 is 11.9 Å². The second kappa shape index (κ2) is 17.4. The second-order valence-corrected chi connectivity index (χ2v) is 9.38. The number of carboxylic acid groups (broad SMARTS) is 2. The number of carboxylic acids is 2. The molecule has 0 saturated carbocycles. The molecule has 0 atom stereocenters. The molecule has 4 aromatic rings. The second-order valence-electron chi connectivity index (χ2n) is 9.38. The maximum Gasteiger partial charge on any atom is 0.335 e. The van der Waals surface area contributed by atoms with E-state index in [0.717, 1.165) is 23.3 Å². The third-order valence-corrected chi connectivity index (χ3v) is 5.88. The van der Waals surface area contributed by atoms with E-state index in [1.165, 1.54) is 24.3 Å². The van der Waals surface area contributed by atoms with E-state index in [1.54, 1.807) is 50.1 Å². The Morgan fingerprint density at radius 2 is 1.22 bits per heavy atom. The van der Waals surface area contributed by atoms with Crippen LogP contribution in [0.2, 0.25) is 0 Å². The van der Waals surface area contributed by atoms with Gasteiger partial charge in [-0.05, 0) is 36.4 Å². The lowest BCUT2D eigenvalue weighted by Crippen LogP contribution is -2.26. The van der Waals surface area contributed by atoms with Gasteiger partial charge in [0.05, 0.1) is 36.6 Å². The average molecular weight is 630 g/mol. The summed E-state index contributed by atoms with van der Waals surface area (Å²) in [5.41, 5.74) is 3.45. The topological polar surface area (TPSA) is 158 Å². The highest BCUT2D eigenvalue weighted by atomic mass is 19.1. The number of aromatic carboxylic acids is 1. The third-order valence-electron chi connectivity index (χ3n) is 5.88. The summed E-state index contributed by atoms with van der Waals surface area (Å²) in [7, 11) is 6.57. The van der Waals surface area contributed by atoms with Crippen molar-refractivity contribution in [3.8, 4) is 22.5 Å². The summed E-state index contributed by atoms with van der Waals surface area (Å²) in [6.45, 7) is 4.60. The third kappa shape index (κ3) is 10.6. The van der Waals surface area contributed by atoms with Crippen LogP contribution in [0.15, 0.2) is 48.8 Å². The standard InChI is InChI=1S/C16H18FN3O4.C13H13FN2O3.C2H6/c1-20-8-12(9-24-2)15(19-20)10-5-11(7-13(17)6-10)16(23)18-4-3-14(21)22;1-16-6-10(7-19-2)12(15-16)8-3-9(13(17)18)5-11(14)4-8;1-2/h5-8H,3-4,9H2,1-2H3,(H,18,23)(H,21,22);3-6H,7H2,1-2H3,(H,17,18);1-2H3. The first-order valence-electron chi connectivity index (χ1n) is 13.8. The number of carbonyl (C=O) groups is 3. The Morgan fingerprint density at radius 1 is 0.778 bits per heavy atom. The first-order chi connectivity index (χ1) is 21.4. The zero-order valence-corrected chi connectivity index (χ0v) is 25.9. The van der Waals surface area contributed by atoms with Crippen LogP contribution in [0, 0.1) is 11.6 Å². The van der Waals surface area contributed by atoms with Gasteiger partial charge in [0.2, 0.25) is 0 Å². The van der Waals surface area contributed by atoms with Crippen LogP contribution in [0.5, 0.6) is 0 Å². The molecule has 0 unspecified atom stereocenters. The minimum absolute atomic E-state index is 0.0292. The highest BCUT2D eigenvalue weighted by molar-refractivity contribution is 5.95. The normalized spacial score (nSPS) is 10.3. The molecule has 1 amide bonds. The van der Waals surface area contributed by atoms with Crippen molar-refractivity contribution in [1.29, 1.82) is 0 Å². The van der Waals surface area contributed by atoms with Gasteiger partial charge in [0, 0.05) is 75.1 Å². The van der Waals surface area contributed by atoms with Crippen LogP contribution in [0.3, 0.4) is 0 Å². The van der Waals surface area contributed by atoms with Gasteiger partial charge in [-0.2, -0.15) is 10.2 Å².